The fourth-order valence-corrected chi connectivity index (χ4v) is 6.98. The van der Waals surface area contributed by atoms with E-state index in [9.17, 15) is 14.7 Å². The fourth-order valence-electron chi connectivity index (χ4n) is 6.98. The molecule has 0 radical (unpaired) electrons. The number of hydrogen-bond acceptors (Lipinski definition) is 6. The summed E-state index contributed by atoms with van der Waals surface area (Å²) in [5, 5.41) is 9.41. The molecule has 0 saturated heterocycles. The van der Waals surface area contributed by atoms with E-state index in [2.05, 4.69) is 32.6 Å². The van der Waals surface area contributed by atoms with Crippen LogP contribution in [0, 0.1) is 0 Å². The van der Waals surface area contributed by atoms with Gasteiger partial charge in [-0.15, -0.1) is 0 Å². The smallest absolute Gasteiger partial charge is 0.330 e. The van der Waals surface area contributed by atoms with Crippen molar-refractivity contribution in [2.24, 2.45) is 0 Å². The molecule has 0 saturated carbocycles. The molecule has 0 heterocycles. The van der Waals surface area contributed by atoms with Gasteiger partial charge in [0.15, 0.2) is 0 Å². The summed E-state index contributed by atoms with van der Waals surface area (Å²) in [6.07, 6.45) is 39.5. The Bertz CT molecular complexity index is 803. The van der Waals surface area contributed by atoms with E-state index in [4.69, 9.17) is 9.47 Å². The van der Waals surface area contributed by atoms with Crippen LogP contribution in [0.3, 0.4) is 0 Å². The molecular formula is C47H89NO5. The number of unbranched alkanes of at least 4 members (excludes halogenated alkanes) is 20. The molecule has 0 aromatic carbocycles. The van der Waals surface area contributed by atoms with E-state index in [-0.39, 0.29) is 18.5 Å². The minimum absolute atomic E-state index is 0.154. The van der Waals surface area contributed by atoms with Crippen molar-refractivity contribution in [2.45, 2.75) is 227 Å². The van der Waals surface area contributed by atoms with Gasteiger partial charge in [-0.2, -0.15) is 0 Å². The summed E-state index contributed by atoms with van der Waals surface area (Å²) in [7, 11) is 0. The highest BCUT2D eigenvalue weighted by molar-refractivity contribution is 5.83. The lowest BCUT2D eigenvalue weighted by Crippen LogP contribution is -2.28. The van der Waals surface area contributed by atoms with Crippen molar-refractivity contribution in [3.8, 4) is 0 Å². The van der Waals surface area contributed by atoms with Crippen LogP contribution in [0.1, 0.15) is 227 Å². The first-order chi connectivity index (χ1) is 26.0. The van der Waals surface area contributed by atoms with Crippen LogP contribution in [0.4, 0.5) is 0 Å². The van der Waals surface area contributed by atoms with Gasteiger partial charge in [-0.25, -0.2) is 9.59 Å². The van der Waals surface area contributed by atoms with Crippen molar-refractivity contribution in [3.63, 3.8) is 0 Å². The number of nitrogens with zero attached hydrogens (tertiary/aromatic N) is 1. The average Bonchev–Trinajstić information content (AvgIpc) is 3.15. The zero-order valence-corrected chi connectivity index (χ0v) is 35.8. The van der Waals surface area contributed by atoms with E-state index in [1.165, 1.54) is 114 Å². The third-order valence-corrected chi connectivity index (χ3v) is 10.4. The van der Waals surface area contributed by atoms with E-state index in [1.54, 1.807) is 12.2 Å². The second kappa shape index (κ2) is 41.5. The Hall–Kier alpha value is -1.66. The van der Waals surface area contributed by atoms with E-state index in [0.29, 0.717) is 13.2 Å². The molecule has 0 spiro atoms. The van der Waals surface area contributed by atoms with Crippen LogP contribution in [-0.2, 0) is 19.1 Å². The van der Waals surface area contributed by atoms with Crippen molar-refractivity contribution >= 4 is 11.9 Å². The summed E-state index contributed by atoms with van der Waals surface area (Å²) < 4.78 is 11.2. The van der Waals surface area contributed by atoms with Gasteiger partial charge in [-0.3, -0.25) is 0 Å². The Labute approximate surface area is 329 Å². The summed E-state index contributed by atoms with van der Waals surface area (Å²) in [5.74, 6) is -0.309. The average molecular weight is 748 g/mol. The van der Waals surface area contributed by atoms with Gasteiger partial charge >= 0.3 is 11.9 Å². The summed E-state index contributed by atoms with van der Waals surface area (Å²) >= 11 is 0. The Kier molecular flexibility index (Phi) is 40.2. The SMILES string of the molecule is CCCCCCCCC(=CC(=O)OCCCCCCN(CCCO)CCCCCCOC(=O)/C=C(\CCCCC)CCCCCCCC)CCCCC. The monoisotopic (exact) mass is 748 g/mol. The molecule has 0 aromatic heterocycles. The molecule has 0 bridgehead atoms. The van der Waals surface area contributed by atoms with Gasteiger partial charge in [0.05, 0.1) is 13.2 Å². The van der Waals surface area contributed by atoms with Crippen LogP contribution < -0.4 is 0 Å². The maximum absolute atomic E-state index is 12.5. The van der Waals surface area contributed by atoms with Gasteiger partial charge in [-0.05, 0) is 96.6 Å². The molecule has 0 rings (SSSR count). The zero-order chi connectivity index (χ0) is 38.9. The fraction of sp³-hybridized carbons (Fsp3) is 0.872. The predicted molar refractivity (Wildman–Crippen MR) is 227 cm³/mol. The highest BCUT2D eigenvalue weighted by Gasteiger charge is 2.08. The maximum Gasteiger partial charge on any atom is 0.330 e. The molecule has 0 amide bonds. The topological polar surface area (TPSA) is 76.1 Å². The first kappa shape index (κ1) is 51.3. The molecule has 0 atom stereocenters. The molecule has 312 valence electrons. The highest BCUT2D eigenvalue weighted by Crippen LogP contribution is 2.19. The second-order valence-corrected chi connectivity index (χ2v) is 15.6. The number of carbonyl (C=O) groups is 2. The van der Waals surface area contributed by atoms with Crippen molar-refractivity contribution < 1.29 is 24.2 Å². The van der Waals surface area contributed by atoms with Crippen LogP contribution in [0.2, 0.25) is 0 Å². The number of rotatable bonds is 41. The van der Waals surface area contributed by atoms with Crippen molar-refractivity contribution in [1.29, 1.82) is 0 Å². The number of aliphatic hydroxyl groups is 1. The van der Waals surface area contributed by atoms with Crippen LogP contribution in [0.25, 0.3) is 0 Å². The lowest BCUT2D eigenvalue weighted by atomic mass is 10.00. The quantitative estimate of drug-likeness (QED) is 0.0381. The van der Waals surface area contributed by atoms with Gasteiger partial charge in [0.2, 0.25) is 0 Å². The van der Waals surface area contributed by atoms with Gasteiger partial charge in [-0.1, -0.05) is 154 Å². The van der Waals surface area contributed by atoms with Crippen LogP contribution >= 0.6 is 0 Å². The zero-order valence-electron chi connectivity index (χ0n) is 35.8. The van der Waals surface area contributed by atoms with Crippen LogP contribution in [-0.4, -0.2) is 61.4 Å². The van der Waals surface area contributed by atoms with E-state index in [0.717, 1.165) is 116 Å². The minimum Gasteiger partial charge on any atom is -0.463 e. The lowest BCUT2D eigenvalue weighted by Gasteiger charge is -2.22. The lowest BCUT2D eigenvalue weighted by molar-refractivity contribution is -0.138. The summed E-state index contributed by atoms with van der Waals surface area (Å²) in [6, 6.07) is 0. The van der Waals surface area contributed by atoms with E-state index >= 15 is 0 Å². The number of hydrogen-bond donors (Lipinski definition) is 1. The Morgan fingerprint density at radius 2 is 0.717 bits per heavy atom. The van der Waals surface area contributed by atoms with Gasteiger partial charge in [0.1, 0.15) is 0 Å². The predicted octanol–water partition coefficient (Wildman–Crippen LogP) is 13.4. The molecule has 0 aliphatic carbocycles. The Morgan fingerprint density at radius 3 is 1.11 bits per heavy atom. The summed E-state index contributed by atoms with van der Waals surface area (Å²) in [5.41, 5.74) is 2.55. The molecular weight excluding hydrogens is 659 g/mol. The van der Waals surface area contributed by atoms with Crippen molar-refractivity contribution in [1.82, 2.24) is 4.90 Å². The number of ether oxygens (including phenoxy) is 2. The molecule has 0 aliphatic rings. The third-order valence-electron chi connectivity index (χ3n) is 10.4. The van der Waals surface area contributed by atoms with Crippen molar-refractivity contribution in [3.05, 3.63) is 23.3 Å². The second-order valence-electron chi connectivity index (χ2n) is 15.6. The maximum atomic E-state index is 12.5. The number of esters is 2. The van der Waals surface area contributed by atoms with Gasteiger partial charge in [0, 0.05) is 25.3 Å². The van der Waals surface area contributed by atoms with Crippen molar-refractivity contribution in [2.75, 3.05) is 39.5 Å². The highest BCUT2D eigenvalue weighted by atomic mass is 16.5. The molecule has 6 nitrogen and oxygen atoms in total. The van der Waals surface area contributed by atoms with Crippen LogP contribution in [0.5, 0.6) is 0 Å². The largest absolute Gasteiger partial charge is 0.463 e. The molecule has 0 aliphatic heterocycles. The molecule has 1 N–H and O–H groups in total. The standard InChI is InChI=1S/C47H89NO5/c1-5-9-13-15-17-25-34-44(32-23-11-7-3)42-46(50)52-40-29-21-19-27-36-48(38-31-39-49)37-28-20-22-30-41-53-47(51)43-45(33-24-12-8-4)35-26-18-16-14-10-6-2/h42-43,49H,5-41H2,1-4H3/b44-42+,45-43?. The van der Waals surface area contributed by atoms with Crippen LogP contribution in [0.15, 0.2) is 23.3 Å². The van der Waals surface area contributed by atoms with Gasteiger partial charge in [0.25, 0.3) is 0 Å². The summed E-state index contributed by atoms with van der Waals surface area (Å²) in [4.78, 5) is 27.6. The molecule has 53 heavy (non-hydrogen) atoms. The third kappa shape index (κ3) is 37.1. The first-order valence-electron chi connectivity index (χ1n) is 23.1. The van der Waals surface area contributed by atoms with E-state index < -0.39 is 0 Å². The molecule has 0 aromatic rings. The summed E-state index contributed by atoms with van der Waals surface area (Å²) in [6.45, 7) is 13.2. The molecule has 6 heteroatoms. The number of allylic oxidation sites excluding steroid dienone is 2. The van der Waals surface area contributed by atoms with E-state index in [1.807, 2.05) is 0 Å². The molecule has 0 unspecified atom stereocenters. The molecule has 0 fully saturated rings. The Morgan fingerprint density at radius 1 is 0.415 bits per heavy atom. The van der Waals surface area contributed by atoms with Gasteiger partial charge < -0.3 is 19.5 Å². The number of aliphatic hydroxyl groups excluding tert-OH is 1. The first-order valence-corrected chi connectivity index (χ1v) is 23.1. The normalized spacial score (nSPS) is 12.2. The Balaban J connectivity index is 4.28. The minimum atomic E-state index is -0.154. The number of carbonyl (C=O) groups excluding carboxylic acids is 2.